The topological polar surface area (TPSA) is 9.23 Å². The summed E-state index contributed by atoms with van der Waals surface area (Å²) in [6, 6.07) is 10.5. The van der Waals surface area contributed by atoms with E-state index in [9.17, 15) is 0 Å². The number of hydrogen-bond acceptors (Lipinski definition) is 1. The molecule has 2 aliphatic rings. The standard InChI is InChI=1S/C20H29ClO/c1-19(2,17-10-4-3-5-11-17)18(21)22-15-20-12-6-8-16(14-20)9-7-13-20/h3-5,10-11,16,18H,6-9,12-15H2,1-2H3. The molecule has 0 radical (unpaired) electrons. The monoisotopic (exact) mass is 320 g/mol. The molecule has 1 nitrogen and oxygen atoms in total. The van der Waals surface area contributed by atoms with Crippen LogP contribution in [0.15, 0.2) is 30.3 Å². The molecule has 0 N–H and O–H groups in total. The Labute approximate surface area is 140 Å². The number of halogens is 1. The first-order chi connectivity index (χ1) is 10.5. The molecule has 2 saturated carbocycles. The molecule has 122 valence electrons. The number of benzene rings is 1. The van der Waals surface area contributed by atoms with Gasteiger partial charge >= 0.3 is 0 Å². The first kappa shape index (κ1) is 16.3. The third kappa shape index (κ3) is 3.36. The van der Waals surface area contributed by atoms with Crippen molar-refractivity contribution in [3.8, 4) is 0 Å². The summed E-state index contributed by atoms with van der Waals surface area (Å²) >= 11 is 6.68. The summed E-state index contributed by atoms with van der Waals surface area (Å²) in [4.78, 5) is 0. The van der Waals surface area contributed by atoms with Crippen molar-refractivity contribution in [1.82, 2.24) is 0 Å². The number of ether oxygens (including phenoxy) is 1. The third-order valence-corrected chi connectivity index (χ3v) is 6.65. The van der Waals surface area contributed by atoms with Gasteiger partial charge in [-0.25, -0.2) is 0 Å². The summed E-state index contributed by atoms with van der Waals surface area (Å²) in [6.45, 7) is 5.21. The summed E-state index contributed by atoms with van der Waals surface area (Å²) < 4.78 is 6.24. The molecular weight excluding hydrogens is 292 g/mol. The minimum Gasteiger partial charge on any atom is -0.361 e. The van der Waals surface area contributed by atoms with Gasteiger partial charge in [-0.3, -0.25) is 0 Å². The van der Waals surface area contributed by atoms with E-state index in [4.69, 9.17) is 16.3 Å². The molecule has 3 rings (SSSR count). The zero-order valence-electron chi connectivity index (χ0n) is 14.0. The van der Waals surface area contributed by atoms with Crippen molar-refractivity contribution in [2.24, 2.45) is 11.3 Å². The first-order valence-corrected chi connectivity index (χ1v) is 9.27. The molecule has 0 amide bonds. The Morgan fingerprint density at radius 2 is 1.82 bits per heavy atom. The molecule has 1 aromatic carbocycles. The summed E-state index contributed by atoms with van der Waals surface area (Å²) in [6.07, 6.45) is 9.65. The maximum absolute atomic E-state index is 6.68. The van der Waals surface area contributed by atoms with Crippen LogP contribution < -0.4 is 0 Å². The summed E-state index contributed by atoms with van der Waals surface area (Å²) in [5.74, 6) is 0.946. The fourth-order valence-corrected chi connectivity index (χ4v) is 4.67. The first-order valence-electron chi connectivity index (χ1n) is 8.83. The fraction of sp³-hybridized carbons (Fsp3) is 0.700. The van der Waals surface area contributed by atoms with Crippen molar-refractivity contribution in [2.45, 2.75) is 69.8 Å². The van der Waals surface area contributed by atoms with E-state index >= 15 is 0 Å². The van der Waals surface area contributed by atoms with Gasteiger partial charge in [-0.1, -0.05) is 81.5 Å². The Hall–Kier alpha value is -0.530. The van der Waals surface area contributed by atoms with Crippen LogP contribution >= 0.6 is 11.6 Å². The average Bonchev–Trinajstić information content (AvgIpc) is 2.53. The highest BCUT2D eigenvalue weighted by Crippen LogP contribution is 2.49. The van der Waals surface area contributed by atoms with Gasteiger partial charge in [0.25, 0.3) is 0 Å². The highest BCUT2D eigenvalue weighted by atomic mass is 35.5. The van der Waals surface area contributed by atoms with Crippen LogP contribution in [0.5, 0.6) is 0 Å². The Balaban J connectivity index is 1.63. The van der Waals surface area contributed by atoms with Gasteiger partial charge in [-0.05, 0) is 36.2 Å². The second-order valence-electron chi connectivity index (χ2n) is 8.07. The van der Waals surface area contributed by atoms with E-state index in [1.54, 1.807) is 0 Å². The van der Waals surface area contributed by atoms with Crippen molar-refractivity contribution in [3.05, 3.63) is 35.9 Å². The molecule has 2 bridgehead atoms. The van der Waals surface area contributed by atoms with Crippen molar-refractivity contribution in [1.29, 1.82) is 0 Å². The molecule has 1 atom stereocenters. The number of fused-ring (bicyclic) bond motifs is 2. The van der Waals surface area contributed by atoms with E-state index in [2.05, 4.69) is 38.1 Å². The molecule has 0 spiro atoms. The zero-order valence-corrected chi connectivity index (χ0v) is 14.7. The van der Waals surface area contributed by atoms with E-state index in [-0.39, 0.29) is 11.0 Å². The smallest absolute Gasteiger partial charge is 0.140 e. The maximum Gasteiger partial charge on any atom is 0.140 e. The predicted molar refractivity (Wildman–Crippen MR) is 93.3 cm³/mol. The Morgan fingerprint density at radius 3 is 2.45 bits per heavy atom. The molecule has 2 heteroatoms. The molecule has 2 fully saturated rings. The predicted octanol–water partition coefficient (Wildman–Crippen LogP) is 5.91. The second-order valence-corrected chi connectivity index (χ2v) is 8.47. The van der Waals surface area contributed by atoms with Gasteiger partial charge in [0.05, 0.1) is 6.61 Å². The Bertz CT molecular complexity index is 472. The molecule has 0 saturated heterocycles. The van der Waals surface area contributed by atoms with Gasteiger partial charge in [0, 0.05) is 5.41 Å². The van der Waals surface area contributed by atoms with Gasteiger partial charge in [-0.2, -0.15) is 0 Å². The number of hydrogen-bond donors (Lipinski definition) is 0. The highest BCUT2D eigenvalue weighted by molar-refractivity contribution is 6.20. The van der Waals surface area contributed by atoms with Gasteiger partial charge < -0.3 is 4.74 Å². The molecule has 0 heterocycles. The van der Waals surface area contributed by atoms with Crippen LogP contribution in [-0.4, -0.2) is 12.2 Å². The van der Waals surface area contributed by atoms with Crippen molar-refractivity contribution in [2.75, 3.05) is 6.61 Å². The van der Waals surface area contributed by atoms with Crippen LogP contribution in [0.25, 0.3) is 0 Å². The third-order valence-electron chi connectivity index (χ3n) is 5.98. The van der Waals surface area contributed by atoms with E-state index < -0.39 is 0 Å². The summed E-state index contributed by atoms with van der Waals surface area (Å²) in [7, 11) is 0. The minimum atomic E-state index is -0.272. The molecule has 0 aromatic heterocycles. The van der Waals surface area contributed by atoms with E-state index in [0.29, 0.717) is 5.41 Å². The lowest BCUT2D eigenvalue weighted by atomic mass is 9.62. The SMILES string of the molecule is CC(C)(c1ccccc1)C(Cl)OCC12CCCC(CCC1)C2. The van der Waals surface area contributed by atoms with Crippen LogP contribution in [0.1, 0.15) is 64.4 Å². The molecule has 1 aromatic rings. The maximum atomic E-state index is 6.68. The lowest BCUT2D eigenvalue weighted by molar-refractivity contribution is -0.0456. The summed E-state index contributed by atoms with van der Waals surface area (Å²) in [5, 5.41) is 0. The molecule has 2 aliphatic carbocycles. The Morgan fingerprint density at radius 1 is 1.18 bits per heavy atom. The fourth-order valence-electron chi connectivity index (χ4n) is 4.48. The molecular formula is C20H29ClO. The van der Waals surface area contributed by atoms with Gasteiger partial charge in [-0.15, -0.1) is 0 Å². The second kappa shape index (κ2) is 6.53. The van der Waals surface area contributed by atoms with Crippen LogP contribution in [0, 0.1) is 11.3 Å². The van der Waals surface area contributed by atoms with Crippen LogP contribution in [-0.2, 0) is 10.2 Å². The lowest BCUT2D eigenvalue weighted by Crippen LogP contribution is -2.40. The van der Waals surface area contributed by atoms with E-state index in [0.717, 1.165) is 12.5 Å². The van der Waals surface area contributed by atoms with Crippen molar-refractivity contribution < 1.29 is 4.74 Å². The Kier molecular flexibility index (Phi) is 4.85. The van der Waals surface area contributed by atoms with Crippen LogP contribution in [0.2, 0.25) is 0 Å². The highest BCUT2D eigenvalue weighted by Gasteiger charge is 2.41. The van der Waals surface area contributed by atoms with E-state index in [1.165, 1.54) is 50.5 Å². The normalized spacial score (nSPS) is 30.0. The van der Waals surface area contributed by atoms with Crippen LogP contribution in [0.4, 0.5) is 0 Å². The number of rotatable bonds is 5. The lowest BCUT2D eigenvalue weighted by Gasteiger charge is -2.46. The molecule has 22 heavy (non-hydrogen) atoms. The molecule has 1 unspecified atom stereocenters. The zero-order chi connectivity index (χ0) is 15.6. The van der Waals surface area contributed by atoms with Crippen LogP contribution in [0.3, 0.4) is 0 Å². The molecule has 0 aliphatic heterocycles. The largest absolute Gasteiger partial charge is 0.361 e. The van der Waals surface area contributed by atoms with Crippen molar-refractivity contribution in [3.63, 3.8) is 0 Å². The minimum absolute atomic E-state index is 0.164. The van der Waals surface area contributed by atoms with Gasteiger partial charge in [0.2, 0.25) is 0 Å². The van der Waals surface area contributed by atoms with E-state index in [1.807, 2.05) is 6.07 Å². The summed E-state index contributed by atoms with van der Waals surface area (Å²) in [5.41, 5.74) is 1.23. The quantitative estimate of drug-likeness (QED) is 0.613. The van der Waals surface area contributed by atoms with Crippen molar-refractivity contribution >= 4 is 11.6 Å². The number of alkyl halides is 1. The van der Waals surface area contributed by atoms with Gasteiger partial charge in [0.1, 0.15) is 5.56 Å². The van der Waals surface area contributed by atoms with Gasteiger partial charge in [0.15, 0.2) is 0 Å². The average molecular weight is 321 g/mol.